The normalized spacial score (nSPS) is 16.7. The standard InChI is InChI=1S/C28H27N5O3/c29-18-21-16-19(4-5-25(21)36-23-7-12-34-13-8-23)24-6-9-30-28-26(24)31-27(32-28)20-2-1-3-22(17-20)33-10-14-35-15-11-33/h1-6,9,16-17,23H,7-8,10-15H2,(H,30,31,32). The number of H-pyrrole nitrogens is 1. The number of fused-ring (bicyclic) bond motifs is 1. The van der Waals surface area contributed by atoms with Gasteiger partial charge in [-0.3, -0.25) is 0 Å². The first kappa shape index (κ1) is 22.5. The van der Waals surface area contributed by atoms with Gasteiger partial charge in [-0.1, -0.05) is 18.2 Å². The van der Waals surface area contributed by atoms with E-state index in [0.29, 0.717) is 30.2 Å². The Morgan fingerprint density at radius 3 is 2.64 bits per heavy atom. The fourth-order valence-corrected chi connectivity index (χ4v) is 4.82. The lowest BCUT2D eigenvalue weighted by atomic mass is 10.0. The summed E-state index contributed by atoms with van der Waals surface area (Å²) in [4.78, 5) is 15.1. The monoisotopic (exact) mass is 481 g/mol. The summed E-state index contributed by atoms with van der Waals surface area (Å²) in [5.74, 6) is 1.38. The van der Waals surface area contributed by atoms with Crippen molar-refractivity contribution in [2.24, 2.45) is 0 Å². The lowest BCUT2D eigenvalue weighted by Gasteiger charge is -2.29. The first-order chi connectivity index (χ1) is 17.8. The molecule has 0 saturated carbocycles. The number of rotatable bonds is 5. The highest BCUT2D eigenvalue weighted by Crippen LogP contribution is 2.33. The molecule has 2 aromatic heterocycles. The van der Waals surface area contributed by atoms with Crippen LogP contribution in [0.25, 0.3) is 33.7 Å². The maximum absolute atomic E-state index is 9.82. The second-order valence-corrected chi connectivity index (χ2v) is 9.04. The van der Waals surface area contributed by atoms with Gasteiger partial charge in [0.1, 0.15) is 23.7 Å². The van der Waals surface area contributed by atoms with Crippen molar-refractivity contribution >= 4 is 16.9 Å². The summed E-state index contributed by atoms with van der Waals surface area (Å²) in [6, 6.07) is 18.4. The molecule has 0 spiro atoms. The van der Waals surface area contributed by atoms with Gasteiger partial charge in [0.15, 0.2) is 5.65 Å². The zero-order valence-corrected chi connectivity index (χ0v) is 19.9. The molecule has 0 bridgehead atoms. The summed E-state index contributed by atoms with van der Waals surface area (Å²) >= 11 is 0. The van der Waals surface area contributed by atoms with Gasteiger partial charge in [-0.05, 0) is 35.9 Å². The molecule has 36 heavy (non-hydrogen) atoms. The van der Waals surface area contributed by atoms with Crippen LogP contribution in [-0.2, 0) is 9.47 Å². The van der Waals surface area contributed by atoms with Crippen LogP contribution in [0.1, 0.15) is 18.4 Å². The Hall–Kier alpha value is -3.93. The van der Waals surface area contributed by atoms with Crippen molar-refractivity contribution in [1.29, 1.82) is 5.26 Å². The van der Waals surface area contributed by atoms with Crippen molar-refractivity contribution in [2.75, 3.05) is 44.4 Å². The summed E-state index contributed by atoms with van der Waals surface area (Å²) in [5, 5.41) is 9.82. The van der Waals surface area contributed by atoms with E-state index in [-0.39, 0.29) is 6.10 Å². The van der Waals surface area contributed by atoms with Gasteiger partial charge in [0.25, 0.3) is 0 Å². The molecule has 4 heterocycles. The van der Waals surface area contributed by atoms with E-state index in [2.05, 4.69) is 45.2 Å². The highest BCUT2D eigenvalue weighted by molar-refractivity contribution is 5.92. The number of benzene rings is 2. The molecule has 0 amide bonds. The second-order valence-electron chi connectivity index (χ2n) is 9.04. The van der Waals surface area contributed by atoms with Crippen molar-refractivity contribution in [3.63, 3.8) is 0 Å². The number of anilines is 1. The van der Waals surface area contributed by atoms with Gasteiger partial charge < -0.3 is 24.1 Å². The molecule has 2 saturated heterocycles. The fraction of sp³-hybridized carbons (Fsp3) is 0.321. The summed E-state index contributed by atoms with van der Waals surface area (Å²) < 4.78 is 17.0. The average Bonchev–Trinajstić information content (AvgIpc) is 3.39. The molecular weight excluding hydrogens is 454 g/mol. The van der Waals surface area contributed by atoms with Crippen molar-refractivity contribution in [3.05, 3.63) is 60.3 Å². The zero-order chi connectivity index (χ0) is 24.3. The number of nitrogens with one attached hydrogen (secondary N) is 1. The van der Waals surface area contributed by atoms with Gasteiger partial charge >= 0.3 is 0 Å². The van der Waals surface area contributed by atoms with E-state index < -0.39 is 0 Å². The van der Waals surface area contributed by atoms with Crippen molar-refractivity contribution < 1.29 is 14.2 Å². The number of nitriles is 1. The number of hydrogen-bond donors (Lipinski definition) is 1. The van der Waals surface area contributed by atoms with Crippen LogP contribution >= 0.6 is 0 Å². The average molecular weight is 482 g/mol. The van der Waals surface area contributed by atoms with E-state index in [1.54, 1.807) is 6.20 Å². The van der Waals surface area contributed by atoms with Gasteiger partial charge in [-0.2, -0.15) is 5.26 Å². The maximum atomic E-state index is 9.82. The van der Waals surface area contributed by atoms with E-state index in [1.165, 1.54) is 0 Å². The van der Waals surface area contributed by atoms with Crippen LogP contribution < -0.4 is 9.64 Å². The molecule has 2 aliphatic heterocycles. The van der Waals surface area contributed by atoms with Gasteiger partial charge in [0, 0.05) is 48.9 Å². The molecule has 2 aromatic carbocycles. The van der Waals surface area contributed by atoms with Crippen LogP contribution in [0, 0.1) is 11.3 Å². The number of nitrogens with zero attached hydrogens (tertiary/aromatic N) is 4. The summed E-state index contributed by atoms with van der Waals surface area (Å²) in [7, 11) is 0. The number of ether oxygens (including phenoxy) is 3. The van der Waals surface area contributed by atoms with Gasteiger partial charge in [-0.25, -0.2) is 9.97 Å². The SMILES string of the molecule is N#Cc1cc(-c2ccnc3nc(-c4cccc(N5CCOCC5)c4)[nH]c23)ccc1OC1CCOCC1. The highest BCUT2D eigenvalue weighted by atomic mass is 16.5. The second kappa shape index (κ2) is 9.97. The number of hydrogen-bond acceptors (Lipinski definition) is 7. The molecule has 2 fully saturated rings. The van der Waals surface area contributed by atoms with E-state index in [9.17, 15) is 5.26 Å². The predicted molar refractivity (Wildman–Crippen MR) is 137 cm³/mol. The van der Waals surface area contributed by atoms with Crippen LogP contribution in [0.4, 0.5) is 5.69 Å². The third-order valence-electron chi connectivity index (χ3n) is 6.76. The number of aromatic nitrogens is 3. The zero-order valence-electron chi connectivity index (χ0n) is 19.9. The number of imidazole rings is 1. The smallest absolute Gasteiger partial charge is 0.178 e. The van der Waals surface area contributed by atoms with Crippen LogP contribution in [-0.4, -0.2) is 60.6 Å². The Morgan fingerprint density at radius 2 is 1.81 bits per heavy atom. The Bertz CT molecular complexity index is 1410. The van der Waals surface area contributed by atoms with E-state index in [4.69, 9.17) is 19.2 Å². The largest absolute Gasteiger partial charge is 0.489 e. The molecule has 1 N–H and O–H groups in total. The Kier molecular flexibility index (Phi) is 6.24. The van der Waals surface area contributed by atoms with E-state index >= 15 is 0 Å². The molecule has 0 unspecified atom stereocenters. The minimum atomic E-state index is 0.0766. The first-order valence-electron chi connectivity index (χ1n) is 12.4. The van der Waals surface area contributed by atoms with Crippen LogP contribution in [0.3, 0.4) is 0 Å². The fourth-order valence-electron chi connectivity index (χ4n) is 4.82. The lowest BCUT2D eigenvalue weighted by Crippen LogP contribution is -2.36. The Morgan fingerprint density at radius 1 is 0.972 bits per heavy atom. The molecule has 0 radical (unpaired) electrons. The van der Waals surface area contributed by atoms with Crippen molar-refractivity contribution in [2.45, 2.75) is 18.9 Å². The highest BCUT2D eigenvalue weighted by Gasteiger charge is 2.19. The Balaban J connectivity index is 1.32. The molecule has 2 aliphatic rings. The third-order valence-corrected chi connectivity index (χ3v) is 6.76. The van der Waals surface area contributed by atoms with Crippen LogP contribution in [0.5, 0.6) is 5.75 Å². The third kappa shape index (κ3) is 4.51. The van der Waals surface area contributed by atoms with Crippen molar-refractivity contribution in [1.82, 2.24) is 15.0 Å². The van der Waals surface area contributed by atoms with Crippen molar-refractivity contribution in [3.8, 4) is 34.3 Å². The number of pyridine rings is 1. The molecule has 0 atom stereocenters. The molecule has 8 heteroatoms. The van der Waals surface area contributed by atoms with Gasteiger partial charge in [-0.15, -0.1) is 0 Å². The predicted octanol–water partition coefficient (Wildman–Crippen LogP) is 4.56. The molecule has 6 rings (SSSR count). The van der Waals surface area contributed by atoms with Gasteiger partial charge in [0.2, 0.25) is 0 Å². The van der Waals surface area contributed by atoms with E-state index in [1.807, 2.05) is 24.3 Å². The first-order valence-corrected chi connectivity index (χ1v) is 12.4. The summed E-state index contributed by atoms with van der Waals surface area (Å²) in [6.45, 7) is 4.63. The minimum absolute atomic E-state index is 0.0766. The van der Waals surface area contributed by atoms with Gasteiger partial charge in [0.05, 0.1) is 37.5 Å². The maximum Gasteiger partial charge on any atom is 0.178 e. The Labute approximate surface area is 209 Å². The number of morpholine rings is 1. The summed E-state index contributed by atoms with van der Waals surface area (Å²) in [5.41, 5.74) is 6.00. The minimum Gasteiger partial charge on any atom is -0.489 e. The molecule has 182 valence electrons. The quantitative estimate of drug-likeness (QED) is 0.446. The summed E-state index contributed by atoms with van der Waals surface area (Å²) in [6.07, 6.45) is 3.50. The lowest BCUT2D eigenvalue weighted by molar-refractivity contribution is 0.0254. The number of aromatic amines is 1. The molecule has 0 aliphatic carbocycles. The van der Waals surface area contributed by atoms with Crippen LogP contribution in [0.15, 0.2) is 54.7 Å². The molecular formula is C28H27N5O3. The molecule has 8 nitrogen and oxygen atoms in total. The van der Waals surface area contributed by atoms with E-state index in [0.717, 1.165) is 72.9 Å². The topological polar surface area (TPSA) is 96.3 Å². The molecule has 4 aromatic rings. The van der Waals surface area contributed by atoms with Crippen LogP contribution in [0.2, 0.25) is 0 Å².